The number of hydrogen-bond acceptors (Lipinski definition) is 4. The summed E-state index contributed by atoms with van der Waals surface area (Å²) < 4.78 is 1.58. The van der Waals surface area contributed by atoms with E-state index in [2.05, 4.69) is 10.1 Å². The highest BCUT2D eigenvalue weighted by molar-refractivity contribution is 5.37. The summed E-state index contributed by atoms with van der Waals surface area (Å²) in [6.45, 7) is 3.61. The molecular weight excluding hydrogens is 216 g/mol. The topological polar surface area (TPSA) is 74.7 Å². The molecule has 0 unspecified atom stereocenters. The third-order valence-electron chi connectivity index (χ3n) is 2.47. The molecule has 0 aliphatic heterocycles. The van der Waals surface area contributed by atoms with Gasteiger partial charge in [0.15, 0.2) is 11.5 Å². The second-order valence-corrected chi connectivity index (χ2v) is 3.79. The average Bonchev–Trinajstić information content (AvgIpc) is 2.70. The van der Waals surface area contributed by atoms with Gasteiger partial charge in [0, 0.05) is 17.0 Å². The first-order chi connectivity index (χ1) is 8.15. The molecule has 0 fully saturated rings. The standard InChI is InChI=1S/C12H12N4O/c1-8-3-4-10(7-17)12(14-8)16-9(2)5-11(6-13)15-16/h3-5,17H,7H2,1-2H3. The molecule has 0 spiro atoms. The Morgan fingerprint density at radius 1 is 1.41 bits per heavy atom. The summed E-state index contributed by atoms with van der Waals surface area (Å²) in [5, 5.41) is 22.2. The van der Waals surface area contributed by atoms with E-state index in [4.69, 9.17) is 5.26 Å². The van der Waals surface area contributed by atoms with Crippen LogP contribution in [0, 0.1) is 25.2 Å². The Hall–Kier alpha value is -2.19. The second kappa shape index (κ2) is 4.36. The molecule has 2 aromatic heterocycles. The lowest BCUT2D eigenvalue weighted by molar-refractivity contribution is 0.280. The molecule has 0 saturated heterocycles. The molecule has 5 nitrogen and oxygen atoms in total. The zero-order valence-corrected chi connectivity index (χ0v) is 9.68. The molecule has 17 heavy (non-hydrogen) atoms. The Kier molecular flexibility index (Phi) is 2.90. The largest absolute Gasteiger partial charge is 0.392 e. The van der Waals surface area contributed by atoms with Gasteiger partial charge in [0.1, 0.15) is 6.07 Å². The molecule has 2 aromatic rings. The van der Waals surface area contributed by atoms with Crippen LogP contribution in [-0.2, 0) is 6.61 Å². The predicted molar refractivity (Wildman–Crippen MR) is 61.5 cm³/mol. The first-order valence-corrected chi connectivity index (χ1v) is 5.20. The fourth-order valence-corrected chi connectivity index (χ4v) is 1.62. The van der Waals surface area contributed by atoms with Crippen LogP contribution >= 0.6 is 0 Å². The van der Waals surface area contributed by atoms with Crippen molar-refractivity contribution in [3.8, 4) is 11.9 Å². The van der Waals surface area contributed by atoms with Crippen molar-refractivity contribution >= 4 is 0 Å². The second-order valence-electron chi connectivity index (χ2n) is 3.79. The van der Waals surface area contributed by atoms with Crippen molar-refractivity contribution in [2.75, 3.05) is 0 Å². The first kappa shape index (κ1) is 11.3. The van der Waals surface area contributed by atoms with Gasteiger partial charge in [0.25, 0.3) is 0 Å². The van der Waals surface area contributed by atoms with Crippen LogP contribution in [0.3, 0.4) is 0 Å². The molecular formula is C12H12N4O. The Bertz CT molecular complexity index is 595. The zero-order valence-electron chi connectivity index (χ0n) is 9.68. The third-order valence-corrected chi connectivity index (χ3v) is 2.47. The smallest absolute Gasteiger partial charge is 0.163 e. The van der Waals surface area contributed by atoms with Crippen LogP contribution < -0.4 is 0 Å². The summed E-state index contributed by atoms with van der Waals surface area (Å²) in [6.07, 6.45) is 0. The average molecular weight is 228 g/mol. The lowest BCUT2D eigenvalue weighted by Crippen LogP contribution is -2.07. The summed E-state index contributed by atoms with van der Waals surface area (Å²) >= 11 is 0. The van der Waals surface area contributed by atoms with Crippen LogP contribution in [0.25, 0.3) is 5.82 Å². The van der Waals surface area contributed by atoms with E-state index in [0.29, 0.717) is 17.1 Å². The maximum atomic E-state index is 9.28. The van der Waals surface area contributed by atoms with Crippen molar-refractivity contribution in [2.45, 2.75) is 20.5 Å². The van der Waals surface area contributed by atoms with Crippen molar-refractivity contribution in [1.29, 1.82) is 5.26 Å². The fourth-order valence-electron chi connectivity index (χ4n) is 1.62. The van der Waals surface area contributed by atoms with Gasteiger partial charge in [-0.3, -0.25) is 0 Å². The van der Waals surface area contributed by atoms with Crippen molar-refractivity contribution in [1.82, 2.24) is 14.8 Å². The summed E-state index contributed by atoms with van der Waals surface area (Å²) in [5.74, 6) is 0.575. The van der Waals surface area contributed by atoms with E-state index < -0.39 is 0 Å². The minimum absolute atomic E-state index is 0.107. The highest BCUT2D eigenvalue weighted by atomic mass is 16.3. The van der Waals surface area contributed by atoms with Crippen LogP contribution in [0.5, 0.6) is 0 Å². The van der Waals surface area contributed by atoms with Crippen LogP contribution in [-0.4, -0.2) is 19.9 Å². The first-order valence-electron chi connectivity index (χ1n) is 5.20. The van der Waals surface area contributed by atoms with Gasteiger partial charge in [-0.25, -0.2) is 9.67 Å². The third kappa shape index (κ3) is 2.03. The predicted octanol–water partition coefficient (Wildman–Crippen LogP) is 1.25. The molecule has 0 saturated carbocycles. The molecule has 86 valence electrons. The van der Waals surface area contributed by atoms with E-state index in [0.717, 1.165) is 11.4 Å². The van der Waals surface area contributed by atoms with Gasteiger partial charge in [-0.05, 0) is 26.0 Å². The quantitative estimate of drug-likeness (QED) is 0.839. The van der Waals surface area contributed by atoms with Crippen molar-refractivity contribution in [2.24, 2.45) is 0 Å². The van der Waals surface area contributed by atoms with Crippen molar-refractivity contribution < 1.29 is 5.11 Å². The van der Waals surface area contributed by atoms with Gasteiger partial charge in [-0.1, -0.05) is 6.07 Å². The number of aliphatic hydroxyl groups is 1. The molecule has 0 bridgehead atoms. The van der Waals surface area contributed by atoms with Gasteiger partial charge in [0.2, 0.25) is 0 Å². The minimum Gasteiger partial charge on any atom is -0.392 e. The highest BCUT2D eigenvalue weighted by Gasteiger charge is 2.11. The van der Waals surface area contributed by atoms with Gasteiger partial charge in [-0.15, -0.1) is 0 Å². The number of rotatable bonds is 2. The number of pyridine rings is 1. The molecule has 1 N–H and O–H groups in total. The Morgan fingerprint density at radius 3 is 2.76 bits per heavy atom. The van der Waals surface area contributed by atoms with E-state index in [1.807, 2.05) is 32.0 Å². The molecule has 0 radical (unpaired) electrons. The lowest BCUT2D eigenvalue weighted by Gasteiger charge is -2.08. The van der Waals surface area contributed by atoms with Crippen molar-refractivity contribution in [3.63, 3.8) is 0 Å². The van der Waals surface area contributed by atoms with Crippen LogP contribution in [0.1, 0.15) is 22.6 Å². The van der Waals surface area contributed by atoms with Gasteiger partial charge in [-0.2, -0.15) is 10.4 Å². The summed E-state index contributed by atoms with van der Waals surface area (Å²) in [7, 11) is 0. The van der Waals surface area contributed by atoms with Crippen LogP contribution in [0.15, 0.2) is 18.2 Å². The van der Waals surface area contributed by atoms with Crippen molar-refractivity contribution in [3.05, 3.63) is 40.8 Å². The summed E-state index contributed by atoms with van der Waals surface area (Å²) in [4.78, 5) is 4.35. The molecule has 0 aromatic carbocycles. The Labute approximate surface area is 99.0 Å². The van der Waals surface area contributed by atoms with Gasteiger partial charge in [0.05, 0.1) is 6.61 Å². The maximum absolute atomic E-state index is 9.28. The van der Waals surface area contributed by atoms with E-state index in [9.17, 15) is 5.11 Å². The number of nitriles is 1. The van der Waals surface area contributed by atoms with E-state index in [-0.39, 0.29) is 6.61 Å². The van der Waals surface area contributed by atoms with Crippen LogP contribution in [0.4, 0.5) is 0 Å². The minimum atomic E-state index is -0.107. The van der Waals surface area contributed by atoms with Gasteiger partial charge < -0.3 is 5.11 Å². The normalized spacial score (nSPS) is 10.2. The molecule has 0 amide bonds. The lowest BCUT2D eigenvalue weighted by atomic mass is 10.2. The molecule has 2 rings (SSSR count). The Balaban J connectivity index is 2.63. The molecule has 0 aliphatic carbocycles. The zero-order chi connectivity index (χ0) is 12.4. The number of aryl methyl sites for hydroxylation is 2. The van der Waals surface area contributed by atoms with Crippen LogP contribution in [0.2, 0.25) is 0 Å². The number of hydrogen-bond donors (Lipinski definition) is 1. The van der Waals surface area contributed by atoms with E-state index in [1.165, 1.54) is 0 Å². The van der Waals surface area contributed by atoms with E-state index >= 15 is 0 Å². The molecule has 5 heteroatoms. The number of nitrogens with zero attached hydrogens (tertiary/aromatic N) is 4. The summed E-state index contributed by atoms with van der Waals surface area (Å²) in [6, 6.07) is 7.32. The maximum Gasteiger partial charge on any atom is 0.163 e. The van der Waals surface area contributed by atoms with E-state index in [1.54, 1.807) is 10.7 Å². The van der Waals surface area contributed by atoms with Gasteiger partial charge >= 0.3 is 0 Å². The molecule has 0 atom stereocenters. The number of aromatic nitrogens is 3. The fraction of sp³-hybridized carbons (Fsp3) is 0.250. The highest BCUT2D eigenvalue weighted by Crippen LogP contribution is 2.15. The Morgan fingerprint density at radius 2 is 2.18 bits per heavy atom. The SMILES string of the molecule is Cc1ccc(CO)c(-n2nc(C#N)cc2C)n1. The summed E-state index contributed by atoms with van der Waals surface area (Å²) in [5.41, 5.74) is 2.68. The number of aliphatic hydroxyl groups excluding tert-OH is 1. The molecule has 0 aliphatic rings. The molecule has 2 heterocycles. The monoisotopic (exact) mass is 228 g/mol.